The van der Waals surface area contributed by atoms with Crippen LogP contribution in [-0.2, 0) is 19.6 Å². The second-order valence-corrected chi connectivity index (χ2v) is 7.99. The van der Waals surface area contributed by atoms with Gasteiger partial charge in [0, 0.05) is 38.8 Å². The van der Waals surface area contributed by atoms with Crippen LogP contribution in [0.5, 0.6) is 0 Å². The van der Waals surface area contributed by atoms with Crippen LogP contribution in [-0.4, -0.2) is 43.4 Å². The molecule has 0 aliphatic carbocycles. The maximum atomic E-state index is 11.9. The van der Waals surface area contributed by atoms with Crippen molar-refractivity contribution in [2.75, 3.05) is 26.7 Å². The Morgan fingerprint density at radius 2 is 1.38 bits per heavy atom. The van der Waals surface area contributed by atoms with Crippen molar-refractivity contribution in [2.24, 2.45) is 4.99 Å². The van der Waals surface area contributed by atoms with Gasteiger partial charge in [0.25, 0.3) is 5.91 Å². The van der Waals surface area contributed by atoms with E-state index in [1.54, 1.807) is 7.05 Å². The molecule has 2 aromatic carbocycles. The quantitative estimate of drug-likeness (QED) is 0.266. The van der Waals surface area contributed by atoms with Crippen LogP contribution in [0, 0.1) is 0 Å². The summed E-state index contributed by atoms with van der Waals surface area (Å²) in [6, 6.07) is 16.5. The van der Waals surface area contributed by atoms with E-state index in [0.717, 1.165) is 24.6 Å². The van der Waals surface area contributed by atoms with Gasteiger partial charge in [0.2, 0.25) is 0 Å². The Balaban J connectivity index is 0.00000363. The topological polar surface area (TPSA) is 68.8 Å². The summed E-state index contributed by atoms with van der Waals surface area (Å²) in [6.45, 7) is 7.41. The second-order valence-electron chi connectivity index (χ2n) is 7.99. The standard InChI is InChI=1S/C25H35N5O.HI/c1-3-27-24(31)23-13-11-21(12-14-23)18-29-25(26-2)28-17-20-7-9-22(10-8-20)19-30-15-5-4-6-16-30;/h7-14H,3-6,15-19H2,1-2H3,(H,27,31)(H2,26,28,29);1H. The number of halogens is 1. The fourth-order valence-electron chi connectivity index (χ4n) is 3.77. The lowest BCUT2D eigenvalue weighted by atomic mass is 10.1. The van der Waals surface area contributed by atoms with Crippen LogP contribution in [0.25, 0.3) is 0 Å². The number of hydrogen-bond donors (Lipinski definition) is 3. The molecular formula is C25H36IN5O. The van der Waals surface area contributed by atoms with Gasteiger partial charge in [-0.2, -0.15) is 0 Å². The van der Waals surface area contributed by atoms with E-state index in [0.29, 0.717) is 18.7 Å². The van der Waals surface area contributed by atoms with E-state index in [2.05, 4.69) is 50.1 Å². The third kappa shape index (κ3) is 8.43. The number of rotatable bonds is 8. The second kappa shape index (κ2) is 14.1. The summed E-state index contributed by atoms with van der Waals surface area (Å²) in [5.41, 5.74) is 4.38. The van der Waals surface area contributed by atoms with Gasteiger partial charge in [-0.3, -0.25) is 14.7 Å². The van der Waals surface area contributed by atoms with Crippen LogP contribution in [0.15, 0.2) is 53.5 Å². The van der Waals surface area contributed by atoms with Crippen molar-refractivity contribution in [2.45, 2.75) is 45.8 Å². The zero-order valence-electron chi connectivity index (χ0n) is 19.2. The Hall–Kier alpha value is -2.13. The minimum absolute atomic E-state index is 0. The fourth-order valence-corrected chi connectivity index (χ4v) is 3.77. The van der Waals surface area contributed by atoms with Gasteiger partial charge in [0.15, 0.2) is 5.96 Å². The molecule has 0 saturated carbocycles. The van der Waals surface area contributed by atoms with Gasteiger partial charge in [0.05, 0.1) is 0 Å². The van der Waals surface area contributed by atoms with Crippen LogP contribution < -0.4 is 16.0 Å². The van der Waals surface area contributed by atoms with Crippen LogP contribution in [0.3, 0.4) is 0 Å². The predicted molar refractivity (Wildman–Crippen MR) is 142 cm³/mol. The Bertz CT molecular complexity index is 846. The molecule has 32 heavy (non-hydrogen) atoms. The summed E-state index contributed by atoms with van der Waals surface area (Å²) in [6.07, 6.45) is 4.02. The van der Waals surface area contributed by atoms with Crippen LogP contribution >= 0.6 is 24.0 Å². The van der Waals surface area contributed by atoms with Crippen molar-refractivity contribution >= 4 is 35.8 Å². The Morgan fingerprint density at radius 3 is 1.91 bits per heavy atom. The molecule has 1 saturated heterocycles. The summed E-state index contributed by atoms with van der Waals surface area (Å²) in [5, 5.41) is 9.51. The van der Waals surface area contributed by atoms with Crippen molar-refractivity contribution in [3.8, 4) is 0 Å². The number of amides is 1. The number of nitrogens with one attached hydrogen (secondary N) is 3. The summed E-state index contributed by atoms with van der Waals surface area (Å²) in [5.74, 6) is 0.714. The van der Waals surface area contributed by atoms with Crippen molar-refractivity contribution < 1.29 is 4.79 Å². The molecule has 0 bridgehead atoms. The summed E-state index contributed by atoms with van der Waals surface area (Å²) >= 11 is 0. The largest absolute Gasteiger partial charge is 0.352 e. The van der Waals surface area contributed by atoms with Gasteiger partial charge in [-0.25, -0.2) is 0 Å². The smallest absolute Gasteiger partial charge is 0.251 e. The van der Waals surface area contributed by atoms with Crippen molar-refractivity contribution in [3.05, 3.63) is 70.8 Å². The number of aliphatic imine (C=N–C) groups is 1. The molecule has 1 fully saturated rings. The Labute approximate surface area is 209 Å². The highest BCUT2D eigenvalue weighted by Crippen LogP contribution is 2.13. The zero-order chi connectivity index (χ0) is 21.9. The summed E-state index contributed by atoms with van der Waals surface area (Å²) in [7, 11) is 1.77. The molecule has 0 spiro atoms. The maximum absolute atomic E-state index is 11.9. The third-order valence-electron chi connectivity index (χ3n) is 5.57. The summed E-state index contributed by atoms with van der Waals surface area (Å²) in [4.78, 5) is 18.7. The summed E-state index contributed by atoms with van der Waals surface area (Å²) < 4.78 is 0. The number of carbonyl (C=O) groups is 1. The lowest BCUT2D eigenvalue weighted by Crippen LogP contribution is -2.36. The first kappa shape index (κ1) is 26.1. The molecule has 7 heteroatoms. The Morgan fingerprint density at radius 1 is 0.844 bits per heavy atom. The van der Waals surface area contributed by atoms with Gasteiger partial charge in [-0.15, -0.1) is 24.0 Å². The molecule has 174 valence electrons. The molecular weight excluding hydrogens is 513 g/mol. The number of nitrogens with zero attached hydrogens (tertiary/aromatic N) is 2. The molecule has 1 amide bonds. The number of piperidine rings is 1. The molecule has 0 atom stereocenters. The molecule has 1 aliphatic heterocycles. The normalized spacial score (nSPS) is 14.4. The SMILES string of the molecule is CCNC(=O)c1ccc(CNC(=NC)NCc2ccc(CN3CCCCC3)cc2)cc1.I. The van der Waals surface area contributed by atoms with E-state index in [1.165, 1.54) is 43.5 Å². The average Bonchev–Trinajstić information content (AvgIpc) is 2.81. The first-order valence-corrected chi connectivity index (χ1v) is 11.3. The molecule has 0 aromatic heterocycles. The number of benzene rings is 2. The first-order chi connectivity index (χ1) is 15.2. The number of carbonyl (C=O) groups excluding carboxylic acids is 1. The number of guanidine groups is 1. The van der Waals surface area contributed by atoms with Crippen molar-refractivity contribution in [1.82, 2.24) is 20.9 Å². The van der Waals surface area contributed by atoms with Crippen LogP contribution in [0.2, 0.25) is 0 Å². The van der Waals surface area contributed by atoms with Gasteiger partial charge in [-0.1, -0.05) is 42.8 Å². The van der Waals surface area contributed by atoms with Gasteiger partial charge >= 0.3 is 0 Å². The van der Waals surface area contributed by atoms with E-state index >= 15 is 0 Å². The third-order valence-corrected chi connectivity index (χ3v) is 5.57. The van der Waals surface area contributed by atoms with E-state index in [-0.39, 0.29) is 29.9 Å². The highest BCUT2D eigenvalue weighted by atomic mass is 127. The number of hydrogen-bond acceptors (Lipinski definition) is 3. The van der Waals surface area contributed by atoms with E-state index < -0.39 is 0 Å². The highest BCUT2D eigenvalue weighted by Gasteiger charge is 2.10. The van der Waals surface area contributed by atoms with Crippen molar-refractivity contribution in [1.29, 1.82) is 0 Å². The minimum atomic E-state index is -0.0403. The number of likely N-dealkylation sites (tertiary alicyclic amines) is 1. The predicted octanol–water partition coefficient (Wildman–Crippen LogP) is 3.91. The molecule has 1 heterocycles. The fraction of sp³-hybridized carbons (Fsp3) is 0.440. The lowest BCUT2D eigenvalue weighted by molar-refractivity contribution is 0.0956. The van der Waals surface area contributed by atoms with Crippen LogP contribution in [0.4, 0.5) is 0 Å². The van der Waals surface area contributed by atoms with Gasteiger partial charge < -0.3 is 16.0 Å². The Kier molecular flexibility index (Phi) is 11.5. The molecule has 1 aliphatic rings. The van der Waals surface area contributed by atoms with Crippen molar-refractivity contribution in [3.63, 3.8) is 0 Å². The van der Waals surface area contributed by atoms with E-state index in [1.807, 2.05) is 31.2 Å². The molecule has 3 rings (SSSR count). The van der Waals surface area contributed by atoms with E-state index in [4.69, 9.17) is 0 Å². The lowest BCUT2D eigenvalue weighted by Gasteiger charge is -2.26. The molecule has 3 N–H and O–H groups in total. The maximum Gasteiger partial charge on any atom is 0.251 e. The minimum Gasteiger partial charge on any atom is -0.352 e. The monoisotopic (exact) mass is 549 g/mol. The van der Waals surface area contributed by atoms with Gasteiger partial charge in [-0.05, 0) is 61.7 Å². The molecule has 6 nitrogen and oxygen atoms in total. The average molecular weight is 550 g/mol. The first-order valence-electron chi connectivity index (χ1n) is 11.3. The zero-order valence-corrected chi connectivity index (χ0v) is 21.5. The molecule has 0 radical (unpaired) electrons. The highest BCUT2D eigenvalue weighted by molar-refractivity contribution is 14.0. The van der Waals surface area contributed by atoms with Crippen LogP contribution in [0.1, 0.15) is 53.2 Å². The van der Waals surface area contributed by atoms with E-state index in [9.17, 15) is 4.79 Å². The van der Waals surface area contributed by atoms with Gasteiger partial charge in [0.1, 0.15) is 0 Å². The molecule has 2 aromatic rings. The molecule has 0 unspecified atom stereocenters.